The summed E-state index contributed by atoms with van der Waals surface area (Å²) < 4.78 is 40.0. The summed E-state index contributed by atoms with van der Waals surface area (Å²) in [4.78, 5) is 31.4. The molecule has 32 heavy (non-hydrogen) atoms. The fourth-order valence-corrected chi connectivity index (χ4v) is 3.54. The second kappa shape index (κ2) is 8.08. The van der Waals surface area contributed by atoms with Crippen LogP contribution in [-0.2, 0) is 12.8 Å². The van der Waals surface area contributed by atoms with Crippen LogP contribution in [0.2, 0.25) is 0 Å². The Bertz CT molecular complexity index is 1170. The van der Waals surface area contributed by atoms with Crippen LogP contribution >= 0.6 is 0 Å². The van der Waals surface area contributed by atoms with E-state index in [0.29, 0.717) is 5.56 Å². The van der Waals surface area contributed by atoms with Crippen molar-refractivity contribution in [3.63, 3.8) is 0 Å². The first kappa shape index (κ1) is 21.5. The number of carbonyl (C=O) groups is 2. The van der Waals surface area contributed by atoms with Gasteiger partial charge in [-0.15, -0.1) is 0 Å². The number of hydrogen-bond acceptors (Lipinski definition) is 5. The van der Waals surface area contributed by atoms with Gasteiger partial charge >= 0.3 is 6.18 Å². The Kier molecular flexibility index (Phi) is 5.43. The number of amides is 2. The molecule has 0 aliphatic carbocycles. The van der Waals surface area contributed by atoms with E-state index in [9.17, 15) is 27.9 Å². The van der Waals surface area contributed by atoms with Gasteiger partial charge in [-0.05, 0) is 37.3 Å². The number of halogens is 3. The molecule has 166 valence electrons. The molecule has 3 aromatic rings. The summed E-state index contributed by atoms with van der Waals surface area (Å²) >= 11 is 0. The monoisotopic (exact) mass is 445 g/mol. The van der Waals surface area contributed by atoms with Crippen molar-refractivity contribution in [1.82, 2.24) is 14.8 Å². The number of alkyl halides is 3. The fraction of sp³-hybridized carbons (Fsp3) is 0.238. The molecule has 2 amide bonds. The molecular formula is C21H18F3N5O3. The Morgan fingerprint density at radius 3 is 2.59 bits per heavy atom. The zero-order valence-corrected chi connectivity index (χ0v) is 16.8. The molecule has 0 saturated heterocycles. The van der Waals surface area contributed by atoms with Gasteiger partial charge in [-0.1, -0.05) is 0 Å². The van der Waals surface area contributed by atoms with Crippen molar-refractivity contribution < 1.29 is 27.9 Å². The predicted octanol–water partition coefficient (Wildman–Crippen LogP) is 3.26. The minimum atomic E-state index is -4.48. The van der Waals surface area contributed by atoms with Crippen LogP contribution in [0.25, 0.3) is 0 Å². The summed E-state index contributed by atoms with van der Waals surface area (Å²) in [7, 11) is 0. The largest absolute Gasteiger partial charge is 0.416 e. The van der Waals surface area contributed by atoms with Crippen molar-refractivity contribution in [3.05, 3.63) is 71.3 Å². The van der Waals surface area contributed by atoms with Gasteiger partial charge in [-0.3, -0.25) is 19.3 Å². The molecule has 4 rings (SSSR count). The first-order valence-corrected chi connectivity index (χ1v) is 9.62. The standard InChI is InChI=1S/C21H18F3N5O3/c1-12-10-28(15-4-2-14(3-5-15)21(22,23)24)20(32)18-16(8-26-29(12)18)19(31)27-17-9-25-7-6-13(17)11-30/h2-9,12,30H,10-11H2,1H3,(H,27,31). The second-order valence-corrected chi connectivity index (χ2v) is 7.31. The second-order valence-electron chi connectivity index (χ2n) is 7.31. The van der Waals surface area contributed by atoms with E-state index in [0.717, 1.165) is 12.1 Å². The van der Waals surface area contributed by atoms with Crippen LogP contribution in [0.15, 0.2) is 48.9 Å². The molecule has 1 aliphatic rings. The van der Waals surface area contributed by atoms with Gasteiger partial charge in [-0.2, -0.15) is 18.3 Å². The Morgan fingerprint density at radius 1 is 1.22 bits per heavy atom. The lowest BCUT2D eigenvalue weighted by Crippen LogP contribution is -2.43. The number of nitrogens with one attached hydrogen (secondary N) is 1. The average molecular weight is 445 g/mol. The number of pyridine rings is 1. The van der Waals surface area contributed by atoms with Crippen LogP contribution in [0.3, 0.4) is 0 Å². The van der Waals surface area contributed by atoms with E-state index in [1.807, 2.05) is 0 Å². The van der Waals surface area contributed by atoms with E-state index in [-0.39, 0.29) is 41.8 Å². The van der Waals surface area contributed by atoms with E-state index in [2.05, 4.69) is 15.4 Å². The molecule has 1 aromatic carbocycles. The number of nitrogens with zero attached hydrogens (tertiary/aromatic N) is 4. The lowest BCUT2D eigenvalue weighted by atomic mass is 10.1. The van der Waals surface area contributed by atoms with Gasteiger partial charge in [0.2, 0.25) is 0 Å². The van der Waals surface area contributed by atoms with Gasteiger partial charge in [0.1, 0.15) is 5.69 Å². The van der Waals surface area contributed by atoms with E-state index >= 15 is 0 Å². The van der Waals surface area contributed by atoms with Gasteiger partial charge in [0.15, 0.2) is 0 Å². The molecule has 2 N–H and O–H groups in total. The smallest absolute Gasteiger partial charge is 0.392 e. The molecule has 1 atom stereocenters. The molecule has 1 unspecified atom stereocenters. The Labute approximate surface area is 180 Å². The molecule has 0 saturated carbocycles. The zero-order chi connectivity index (χ0) is 23.0. The van der Waals surface area contributed by atoms with Gasteiger partial charge in [-0.25, -0.2) is 0 Å². The number of aromatic nitrogens is 3. The fourth-order valence-electron chi connectivity index (χ4n) is 3.54. The SMILES string of the molecule is CC1CN(c2ccc(C(F)(F)F)cc2)C(=O)c2c(C(=O)Nc3cnccc3CO)cnn21. The van der Waals surface area contributed by atoms with Gasteiger partial charge in [0, 0.05) is 24.0 Å². The minimum Gasteiger partial charge on any atom is -0.392 e. The van der Waals surface area contributed by atoms with E-state index in [1.54, 1.807) is 13.0 Å². The van der Waals surface area contributed by atoms with Crippen molar-refractivity contribution in [3.8, 4) is 0 Å². The maximum absolute atomic E-state index is 13.2. The molecule has 0 radical (unpaired) electrons. The number of rotatable bonds is 4. The Morgan fingerprint density at radius 2 is 1.94 bits per heavy atom. The highest BCUT2D eigenvalue weighted by molar-refractivity contribution is 6.15. The molecular weight excluding hydrogens is 427 g/mol. The van der Waals surface area contributed by atoms with Crippen LogP contribution in [0.1, 0.15) is 44.9 Å². The number of benzene rings is 1. The van der Waals surface area contributed by atoms with Crippen molar-refractivity contribution in [1.29, 1.82) is 0 Å². The summed E-state index contributed by atoms with van der Waals surface area (Å²) in [5, 5.41) is 16.2. The predicted molar refractivity (Wildman–Crippen MR) is 108 cm³/mol. The molecule has 0 fully saturated rings. The quantitative estimate of drug-likeness (QED) is 0.642. The van der Waals surface area contributed by atoms with Crippen molar-refractivity contribution >= 4 is 23.2 Å². The minimum absolute atomic E-state index is 0.00574. The van der Waals surface area contributed by atoms with Crippen molar-refractivity contribution in [2.75, 3.05) is 16.8 Å². The van der Waals surface area contributed by atoms with Crippen LogP contribution < -0.4 is 10.2 Å². The van der Waals surface area contributed by atoms with Crippen LogP contribution in [0.5, 0.6) is 0 Å². The third kappa shape index (κ3) is 3.82. The van der Waals surface area contributed by atoms with Gasteiger partial charge in [0.25, 0.3) is 11.8 Å². The van der Waals surface area contributed by atoms with E-state index in [1.165, 1.54) is 40.3 Å². The normalized spacial score (nSPS) is 16.1. The van der Waals surface area contributed by atoms with Crippen LogP contribution in [-0.4, -0.2) is 38.2 Å². The maximum atomic E-state index is 13.2. The van der Waals surface area contributed by atoms with Gasteiger partial charge < -0.3 is 15.3 Å². The third-order valence-electron chi connectivity index (χ3n) is 5.19. The highest BCUT2D eigenvalue weighted by atomic mass is 19.4. The van der Waals surface area contributed by atoms with E-state index < -0.39 is 23.6 Å². The van der Waals surface area contributed by atoms with Crippen LogP contribution in [0, 0.1) is 0 Å². The molecule has 8 nitrogen and oxygen atoms in total. The molecule has 11 heteroatoms. The summed E-state index contributed by atoms with van der Waals surface area (Å²) in [6, 6.07) is 5.49. The summed E-state index contributed by atoms with van der Waals surface area (Å²) in [6.07, 6.45) is -0.375. The number of anilines is 2. The Hall–Kier alpha value is -3.73. The lowest BCUT2D eigenvalue weighted by molar-refractivity contribution is -0.137. The van der Waals surface area contributed by atoms with E-state index in [4.69, 9.17) is 0 Å². The van der Waals surface area contributed by atoms with Gasteiger partial charge in [0.05, 0.1) is 41.9 Å². The lowest BCUT2D eigenvalue weighted by Gasteiger charge is -2.32. The van der Waals surface area contributed by atoms with Crippen molar-refractivity contribution in [2.45, 2.75) is 25.7 Å². The third-order valence-corrected chi connectivity index (χ3v) is 5.19. The summed E-state index contributed by atoms with van der Waals surface area (Å²) in [6.45, 7) is 1.64. The molecule has 2 aromatic heterocycles. The maximum Gasteiger partial charge on any atom is 0.416 e. The molecule has 1 aliphatic heterocycles. The van der Waals surface area contributed by atoms with Crippen LogP contribution in [0.4, 0.5) is 24.5 Å². The first-order valence-electron chi connectivity index (χ1n) is 9.62. The molecule has 0 bridgehead atoms. The average Bonchev–Trinajstić information content (AvgIpc) is 3.22. The highest BCUT2D eigenvalue weighted by Gasteiger charge is 2.36. The number of carbonyl (C=O) groups excluding carboxylic acids is 2. The molecule has 3 heterocycles. The van der Waals surface area contributed by atoms with Crippen molar-refractivity contribution in [2.24, 2.45) is 0 Å². The summed E-state index contributed by atoms with van der Waals surface area (Å²) in [5.74, 6) is -1.18. The number of fused-ring (bicyclic) bond motifs is 1. The number of aliphatic hydroxyl groups is 1. The number of hydrogen-bond donors (Lipinski definition) is 2. The first-order chi connectivity index (χ1) is 15.2. The number of aliphatic hydroxyl groups excluding tert-OH is 1. The topological polar surface area (TPSA) is 100 Å². The zero-order valence-electron chi connectivity index (χ0n) is 16.8. The molecule has 0 spiro atoms. The highest BCUT2D eigenvalue weighted by Crippen LogP contribution is 2.33. The Balaban J connectivity index is 1.65. The summed E-state index contributed by atoms with van der Waals surface area (Å²) in [5.41, 5.74) is 0.224.